The zero-order valence-corrected chi connectivity index (χ0v) is 13.3. The molecule has 1 aliphatic rings. The molecule has 0 spiro atoms. The van der Waals surface area contributed by atoms with Gasteiger partial charge in [0, 0.05) is 18.7 Å². The zero-order chi connectivity index (χ0) is 15.3. The highest BCUT2D eigenvalue weighted by Gasteiger charge is 2.36. The van der Waals surface area contributed by atoms with Gasteiger partial charge in [0.05, 0.1) is 6.10 Å². The van der Waals surface area contributed by atoms with Crippen LogP contribution in [0.1, 0.15) is 32.8 Å². The summed E-state index contributed by atoms with van der Waals surface area (Å²) in [5.41, 5.74) is 1.23. The number of benzene rings is 1. The van der Waals surface area contributed by atoms with Gasteiger partial charge in [-0.2, -0.15) is 0 Å². The van der Waals surface area contributed by atoms with E-state index in [1.807, 2.05) is 12.1 Å². The number of hydrogen-bond acceptors (Lipinski definition) is 4. The van der Waals surface area contributed by atoms with E-state index in [0.717, 1.165) is 25.2 Å². The van der Waals surface area contributed by atoms with Crippen LogP contribution in [0, 0.1) is 0 Å². The normalized spacial score (nSPS) is 26.8. The summed E-state index contributed by atoms with van der Waals surface area (Å²) < 4.78 is 11.2. The quantitative estimate of drug-likeness (QED) is 0.809. The van der Waals surface area contributed by atoms with Gasteiger partial charge in [-0.3, -0.25) is 0 Å². The SMILES string of the molecule is CCc1ccc(OCC(O)CNC2(C)CCOC2C)cc1. The van der Waals surface area contributed by atoms with Crippen molar-refractivity contribution >= 4 is 0 Å². The number of nitrogens with one attached hydrogen (secondary N) is 1. The molecule has 1 aliphatic heterocycles. The maximum Gasteiger partial charge on any atom is 0.119 e. The van der Waals surface area contributed by atoms with Crippen molar-refractivity contribution in [1.29, 1.82) is 0 Å². The van der Waals surface area contributed by atoms with Crippen LogP contribution < -0.4 is 10.1 Å². The predicted octanol–water partition coefficient (Wildman–Crippen LogP) is 2.15. The van der Waals surface area contributed by atoms with Crippen LogP contribution in [-0.2, 0) is 11.2 Å². The van der Waals surface area contributed by atoms with Crippen molar-refractivity contribution in [3.8, 4) is 5.75 Å². The molecule has 2 rings (SSSR count). The monoisotopic (exact) mass is 293 g/mol. The Morgan fingerprint density at radius 3 is 2.71 bits per heavy atom. The molecule has 4 heteroatoms. The van der Waals surface area contributed by atoms with E-state index in [2.05, 4.69) is 38.2 Å². The van der Waals surface area contributed by atoms with E-state index in [-0.39, 0.29) is 11.6 Å². The van der Waals surface area contributed by atoms with E-state index in [4.69, 9.17) is 9.47 Å². The summed E-state index contributed by atoms with van der Waals surface area (Å²) in [5, 5.41) is 13.5. The predicted molar refractivity (Wildman–Crippen MR) is 83.8 cm³/mol. The van der Waals surface area contributed by atoms with Crippen molar-refractivity contribution < 1.29 is 14.6 Å². The minimum atomic E-state index is -0.527. The van der Waals surface area contributed by atoms with Crippen molar-refractivity contribution in [1.82, 2.24) is 5.32 Å². The third-order valence-electron chi connectivity index (χ3n) is 4.40. The topological polar surface area (TPSA) is 50.7 Å². The van der Waals surface area contributed by atoms with Crippen LogP contribution in [0.5, 0.6) is 5.75 Å². The standard InChI is InChI=1S/C17H27NO3/c1-4-14-5-7-16(8-6-14)21-12-15(19)11-18-17(3)9-10-20-13(17)2/h5-8,13,15,18-19H,4,9-12H2,1-3H3. The second-order valence-electron chi connectivity index (χ2n) is 6.02. The molecule has 4 nitrogen and oxygen atoms in total. The minimum Gasteiger partial charge on any atom is -0.491 e. The lowest BCUT2D eigenvalue weighted by atomic mass is 9.94. The first-order valence-corrected chi connectivity index (χ1v) is 7.80. The Labute approximate surface area is 127 Å². The molecule has 0 radical (unpaired) electrons. The van der Waals surface area contributed by atoms with Crippen molar-refractivity contribution in [3.63, 3.8) is 0 Å². The third kappa shape index (κ3) is 4.43. The highest BCUT2D eigenvalue weighted by molar-refractivity contribution is 5.27. The van der Waals surface area contributed by atoms with E-state index >= 15 is 0 Å². The Balaban J connectivity index is 1.73. The van der Waals surface area contributed by atoms with Gasteiger partial charge in [0.15, 0.2) is 0 Å². The van der Waals surface area contributed by atoms with E-state index < -0.39 is 6.10 Å². The lowest BCUT2D eigenvalue weighted by Gasteiger charge is -2.30. The van der Waals surface area contributed by atoms with Crippen LogP contribution >= 0.6 is 0 Å². The first-order chi connectivity index (χ1) is 10.0. The third-order valence-corrected chi connectivity index (χ3v) is 4.40. The summed E-state index contributed by atoms with van der Waals surface area (Å²) in [7, 11) is 0. The lowest BCUT2D eigenvalue weighted by Crippen LogP contribution is -2.51. The van der Waals surface area contributed by atoms with Gasteiger partial charge < -0.3 is 19.9 Å². The van der Waals surface area contributed by atoms with Crippen LogP contribution in [-0.4, -0.2) is 42.6 Å². The molecule has 0 bridgehead atoms. The van der Waals surface area contributed by atoms with Crippen LogP contribution in [0.25, 0.3) is 0 Å². The Kier molecular flexibility index (Phi) is 5.62. The van der Waals surface area contributed by atoms with Crippen molar-refractivity contribution in [2.75, 3.05) is 19.8 Å². The summed E-state index contributed by atoms with van der Waals surface area (Å²) in [6.07, 6.45) is 1.64. The summed E-state index contributed by atoms with van der Waals surface area (Å²) in [6.45, 7) is 7.92. The van der Waals surface area contributed by atoms with E-state index in [1.54, 1.807) is 0 Å². The molecule has 21 heavy (non-hydrogen) atoms. The first kappa shape index (κ1) is 16.3. The van der Waals surface area contributed by atoms with Gasteiger partial charge >= 0.3 is 0 Å². The molecular weight excluding hydrogens is 266 g/mol. The van der Waals surface area contributed by atoms with Gasteiger partial charge in [-0.25, -0.2) is 0 Å². The van der Waals surface area contributed by atoms with E-state index in [9.17, 15) is 5.11 Å². The molecule has 2 N–H and O–H groups in total. The summed E-state index contributed by atoms with van der Waals surface area (Å²) in [4.78, 5) is 0. The molecule has 1 aromatic carbocycles. The zero-order valence-electron chi connectivity index (χ0n) is 13.3. The molecule has 1 heterocycles. The highest BCUT2D eigenvalue weighted by Crippen LogP contribution is 2.24. The largest absolute Gasteiger partial charge is 0.491 e. The van der Waals surface area contributed by atoms with Gasteiger partial charge in [0.1, 0.15) is 18.5 Å². The fourth-order valence-electron chi connectivity index (χ4n) is 2.49. The number of rotatable bonds is 7. The van der Waals surface area contributed by atoms with E-state index in [0.29, 0.717) is 13.2 Å². The number of hydrogen-bond donors (Lipinski definition) is 2. The summed E-state index contributed by atoms with van der Waals surface area (Å²) in [6, 6.07) is 8.01. The van der Waals surface area contributed by atoms with Crippen LogP contribution in [0.3, 0.4) is 0 Å². The van der Waals surface area contributed by atoms with Crippen molar-refractivity contribution in [2.24, 2.45) is 0 Å². The Morgan fingerprint density at radius 1 is 1.43 bits per heavy atom. The second-order valence-corrected chi connectivity index (χ2v) is 6.02. The second kappa shape index (κ2) is 7.25. The number of aryl methyl sites for hydroxylation is 1. The van der Waals surface area contributed by atoms with Gasteiger partial charge in [-0.1, -0.05) is 19.1 Å². The maximum atomic E-state index is 10.0. The maximum absolute atomic E-state index is 10.0. The van der Waals surface area contributed by atoms with Crippen LogP contribution in [0.15, 0.2) is 24.3 Å². The van der Waals surface area contributed by atoms with Gasteiger partial charge in [0.25, 0.3) is 0 Å². The Hall–Kier alpha value is -1.10. The molecular formula is C17H27NO3. The van der Waals surface area contributed by atoms with Crippen molar-refractivity contribution in [2.45, 2.75) is 51.4 Å². The smallest absolute Gasteiger partial charge is 0.119 e. The minimum absolute atomic E-state index is 0.0518. The first-order valence-electron chi connectivity index (χ1n) is 7.80. The fourth-order valence-corrected chi connectivity index (χ4v) is 2.49. The molecule has 0 aliphatic carbocycles. The molecule has 1 aromatic rings. The summed E-state index contributed by atoms with van der Waals surface area (Å²) in [5.74, 6) is 0.801. The molecule has 0 amide bonds. The van der Waals surface area contributed by atoms with Gasteiger partial charge in [-0.05, 0) is 44.4 Å². The lowest BCUT2D eigenvalue weighted by molar-refractivity contribution is 0.0686. The molecule has 3 atom stereocenters. The average molecular weight is 293 g/mol. The average Bonchev–Trinajstić information content (AvgIpc) is 2.83. The summed E-state index contributed by atoms with van der Waals surface area (Å²) >= 11 is 0. The Morgan fingerprint density at radius 2 is 2.14 bits per heavy atom. The number of aliphatic hydroxyl groups is 1. The fraction of sp³-hybridized carbons (Fsp3) is 0.647. The van der Waals surface area contributed by atoms with Gasteiger partial charge in [-0.15, -0.1) is 0 Å². The molecule has 0 saturated carbocycles. The van der Waals surface area contributed by atoms with E-state index in [1.165, 1.54) is 5.56 Å². The Bertz CT molecular complexity index is 434. The van der Waals surface area contributed by atoms with Crippen LogP contribution in [0.4, 0.5) is 0 Å². The molecule has 118 valence electrons. The van der Waals surface area contributed by atoms with Gasteiger partial charge in [0.2, 0.25) is 0 Å². The van der Waals surface area contributed by atoms with Crippen LogP contribution in [0.2, 0.25) is 0 Å². The highest BCUT2D eigenvalue weighted by atomic mass is 16.5. The molecule has 1 fully saturated rings. The molecule has 3 unspecified atom stereocenters. The molecule has 1 saturated heterocycles. The number of aliphatic hydroxyl groups excluding tert-OH is 1. The van der Waals surface area contributed by atoms with Crippen molar-refractivity contribution in [3.05, 3.63) is 29.8 Å². The number of ether oxygens (including phenoxy) is 2. The molecule has 0 aromatic heterocycles. The number of β-amino-alcohol motifs (C(OH)–C–C–N with tert-alkyl or cyclic N) is 1.